The van der Waals surface area contributed by atoms with E-state index in [1.54, 1.807) is 52.0 Å². The molecular weight excluding hydrogens is 546 g/mol. The number of carbonyl (C=O) groups excluding carboxylic acids is 4. The highest BCUT2D eigenvalue weighted by molar-refractivity contribution is 5.96. The quantitative estimate of drug-likeness (QED) is 0.265. The van der Waals surface area contributed by atoms with E-state index in [0.717, 1.165) is 0 Å². The number of carbonyl (C=O) groups is 4. The van der Waals surface area contributed by atoms with Crippen molar-refractivity contribution in [1.29, 1.82) is 0 Å². The number of rotatable bonds is 9. The molecule has 0 spiro atoms. The van der Waals surface area contributed by atoms with Crippen molar-refractivity contribution in [3.05, 3.63) is 42.6 Å². The SMILES string of the molecule is C=CC1C[C@]1(NC(=O)[C@@H]1C[C@@H](Oc2cc(C(=O)OC)nc3cc(OC)ccc23)CN1C(=O)OC(C)(C)C)C(=O)OCC. The summed E-state index contributed by atoms with van der Waals surface area (Å²) in [6.07, 6.45) is 0.680. The summed E-state index contributed by atoms with van der Waals surface area (Å²) in [4.78, 5) is 57.7. The largest absolute Gasteiger partial charge is 0.497 e. The Balaban J connectivity index is 1.65. The third kappa shape index (κ3) is 6.27. The van der Waals surface area contributed by atoms with Gasteiger partial charge >= 0.3 is 18.0 Å². The van der Waals surface area contributed by atoms with Crippen molar-refractivity contribution in [2.45, 2.75) is 63.8 Å². The number of amides is 2. The third-order valence-electron chi connectivity index (χ3n) is 7.15. The van der Waals surface area contributed by atoms with Crippen LogP contribution >= 0.6 is 0 Å². The molecule has 1 saturated heterocycles. The van der Waals surface area contributed by atoms with E-state index in [2.05, 4.69) is 16.9 Å². The summed E-state index contributed by atoms with van der Waals surface area (Å²) in [6.45, 7) is 10.8. The summed E-state index contributed by atoms with van der Waals surface area (Å²) >= 11 is 0. The Morgan fingerprint density at radius 1 is 1.19 bits per heavy atom. The maximum Gasteiger partial charge on any atom is 0.411 e. The van der Waals surface area contributed by atoms with Gasteiger partial charge in [-0.2, -0.15) is 0 Å². The van der Waals surface area contributed by atoms with E-state index in [1.165, 1.54) is 25.2 Å². The number of likely N-dealkylation sites (tertiary alicyclic amines) is 1. The summed E-state index contributed by atoms with van der Waals surface area (Å²) in [5.41, 5.74) is -1.60. The molecule has 4 atom stereocenters. The fourth-order valence-corrected chi connectivity index (χ4v) is 5.01. The minimum atomic E-state index is -1.23. The molecule has 1 aromatic carbocycles. The number of methoxy groups -OCH3 is 2. The summed E-state index contributed by atoms with van der Waals surface area (Å²) in [5.74, 6) is -1.19. The van der Waals surface area contributed by atoms with E-state index in [9.17, 15) is 19.2 Å². The van der Waals surface area contributed by atoms with E-state index in [0.29, 0.717) is 28.8 Å². The first-order valence-electron chi connectivity index (χ1n) is 13.7. The number of esters is 2. The van der Waals surface area contributed by atoms with Crippen molar-refractivity contribution < 1.29 is 42.9 Å². The van der Waals surface area contributed by atoms with E-state index < -0.39 is 47.2 Å². The lowest BCUT2D eigenvalue weighted by Crippen LogP contribution is -2.53. The molecule has 12 heteroatoms. The predicted octanol–water partition coefficient (Wildman–Crippen LogP) is 3.41. The van der Waals surface area contributed by atoms with Crippen LogP contribution in [0.1, 0.15) is 51.0 Å². The van der Waals surface area contributed by atoms with Crippen LogP contribution in [0.15, 0.2) is 36.9 Å². The lowest BCUT2D eigenvalue weighted by Gasteiger charge is -2.28. The molecule has 1 unspecified atom stereocenters. The second-order valence-electron chi connectivity index (χ2n) is 11.2. The smallest absolute Gasteiger partial charge is 0.411 e. The first-order chi connectivity index (χ1) is 19.8. The number of benzene rings is 1. The number of ether oxygens (including phenoxy) is 5. The Morgan fingerprint density at radius 2 is 1.93 bits per heavy atom. The lowest BCUT2D eigenvalue weighted by atomic mass is 10.1. The monoisotopic (exact) mass is 583 g/mol. The zero-order chi connectivity index (χ0) is 30.8. The van der Waals surface area contributed by atoms with Gasteiger partial charge in [0.25, 0.3) is 0 Å². The summed E-state index contributed by atoms with van der Waals surface area (Å²) in [5, 5.41) is 3.42. The van der Waals surface area contributed by atoms with Crippen molar-refractivity contribution in [2.75, 3.05) is 27.4 Å². The molecule has 1 saturated carbocycles. The minimum absolute atomic E-state index is 0.0117. The average molecular weight is 584 g/mol. The number of hydrogen-bond acceptors (Lipinski definition) is 10. The number of aromatic nitrogens is 1. The second-order valence-corrected chi connectivity index (χ2v) is 11.2. The van der Waals surface area contributed by atoms with Gasteiger partial charge in [0.15, 0.2) is 5.69 Å². The Morgan fingerprint density at radius 3 is 2.52 bits per heavy atom. The first kappa shape index (κ1) is 30.6. The molecule has 4 rings (SSSR count). The Labute approximate surface area is 244 Å². The molecule has 2 amide bonds. The van der Waals surface area contributed by atoms with Gasteiger partial charge in [-0.1, -0.05) is 6.08 Å². The van der Waals surface area contributed by atoms with Gasteiger partial charge in [0.2, 0.25) is 5.91 Å². The molecule has 0 radical (unpaired) electrons. The molecule has 2 aromatic rings. The number of fused-ring (bicyclic) bond motifs is 1. The van der Waals surface area contributed by atoms with Crippen molar-refractivity contribution in [2.24, 2.45) is 5.92 Å². The minimum Gasteiger partial charge on any atom is -0.497 e. The molecule has 1 N–H and O–H groups in total. The van der Waals surface area contributed by atoms with Crippen LogP contribution in [-0.4, -0.2) is 84.5 Å². The third-order valence-corrected chi connectivity index (χ3v) is 7.15. The molecule has 12 nitrogen and oxygen atoms in total. The lowest BCUT2D eigenvalue weighted by molar-refractivity contribution is -0.149. The number of hydrogen-bond donors (Lipinski definition) is 1. The van der Waals surface area contributed by atoms with Gasteiger partial charge in [0.1, 0.15) is 34.8 Å². The number of pyridine rings is 1. The Kier molecular flexibility index (Phi) is 8.65. The maximum atomic E-state index is 13.7. The predicted molar refractivity (Wildman–Crippen MR) is 151 cm³/mol. The van der Waals surface area contributed by atoms with E-state index in [1.807, 2.05) is 0 Å². The van der Waals surface area contributed by atoms with Crippen LogP contribution in [0.25, 0.3) is 10.9 Å². The van der Waals surface area contributed by atoms with Crippen LogP contribution in [0.5, 0.6) is 11.5 Å². The van der Waals surface area contributed by atoms with Crippen LogP contribution in [-0.2, 0) is 23.8 Å². The van der Waals surface area contributed by atoms with E-state index in [4.69, 9.17) is 23.7 Å². The topological polar surface area (TPSA) is 143 Å². The van der Waals surface area contributed by atoms with Gasteiger partial charge in [-0.05, 0) is 46.2 Å². The standard InChI is InChI=1S/C30H37N3O9/c1-8-17-15-30(17,27(36)40-9-2)32-25(34)23-13-19(16-33(23)28(37)42-29(3,4)5)41-24-14-22(26(35)39-7)31-21-12-18(38-6)10-11-20(21)24/h8,10-12,14,17,19,23H,1,9,13,15-16H2,2-7H3,(H,32,34)/t17?,19-,23+,30-/m1/s1. The molecule has 2 aliphatic rings. The molecule has 0 bridgehead atoms. The van der Waals surface area contributed by atoms with E-state index >= 15 is 0 Å². The zero-order valence-electron chi connectivity index (χ0n) is 24.7. The molecule has 2 heterocycles. The fraction of sp³-hybridized carbons (Fsp3) is 0.500. The zero-order valence-corrected chi connectivity index (χ0v) is 24.7. The molecule has 1 aromatic heterocycles. The molecular formula is C30H37N3O9. The normalized spacial score (nSPS) is 23.1. The van der Waals surface area contributed by atoms with Gasteiger partial charge in [-0.15, -0.1) is 6.58 Å². The first-order valence-corrected chi connectivity index (χ1v) is 13.7. The van der Waals surface area contributed by atoms with Gasteiger partial charge in [0.05, 0.1) is 32.9 Å². The summed E-state index contributed by atoms with van der Waals surface area (Å²) in [7, 11) is 2.77. The highest BCUT2D eigenvalue weighted by Crippen LogP contribution is 2.46. The van der Waals surface area contributed by atoms with Crippen LogP contribution < -0.4 is 14.8 Å². The highest BCUT2D eigenvalue weighted by Gasteiger charge is 2.62. The second kappa shape index (κ2) is 11.9. The van der Waals surface area contributed by atoms with Gasteiger partial charge in [0, 0.05) is 29.9 Å². The van der Waals surface area contributed by atoms with Crippen LogP contribution in [0.4, 0.5) is 4.79 Å². The highest BCUT2D eigenvalue weighted by atomic mass is 16.6. The van der Waals surface area contributed by atoms with Crippen molar-refractivity contribution in [3.8, 4) is 11.5 Å². The Bertz CT molecular complexity index is 1400. The molecule has 226 valence electrons. The molecule has 42 heavy (non-hydrogen) atoms. The fourth-order valence-electron chi connectivity index (χ4n) is 5.01. The van der Waals surface area contributed by atoms with Crippen LogP contribution in [0.3, 0.4) is 0 Å². The summed E-state index contributed by atoms with van der Waals surface area (Å²) in [6, 6.07) is 5.59. The van der Waals surface area contributed by atoms with Crippen LogP contribution in [0, 0.1) is 5.92 Å². The Hall–Kier alpha value is -4.35. The molecule has 1 aliphatic carbocycles. The average Bonchev–Trinajstić information content (AvgIpc) is 3.50. The van der Waals surface area contributed by atoms with E-state index in [-0.39, 0.29) is 31.2 Å². The van der Waals surface area contributed by atoms with Crippen molar-refractivity contribution in [1.82, 2.24) is 15.2 Å². The van der Waals surface area contributed by atoms with Gasteiger partial charge < -0.3 is 29.0 Å². The van der Waals surface area contributed by atoms with Gasteiger partial charge in [-0.3, -0.25) is 9.69 Å². The number of nitrogens with one attached hydrogen (secondary N) is 1. The molecule has 2 fully saturated rings. The molecule has 1 aliphatic heterocycles. The number of nitrogens with zero attached hydrogens (tertiary/aromatic N) is 2. The van der Waals surface area contributed by atoms with Gasteiger partial charge in [-0.25, -0.2) is 19.4 Å². The van der Waals surface area contributed by atoms with Crippen molar-refractivity contribution in [3.63, 3.8) is 0 Å². The van der Waals surface area contributed by atoms with Crippen molar-refractivity contribution >= 4 is 34.8 Å². The summed E-state index contributed by atoms with van der Waals surface area (Å²) < 4.78 is 27.3. The maximum absolute atomic E-state index is 13.7. The van der Waals surface area contributed by atoms with Crippen LogP contribution in [0.2, 0.25) is 0 Å².